The number of carbonyl (C=O) groups excluding carboxylic acids is 1. The number of nitrogens with zero attached hydrogens (tertiary/aromatic N) is 3. The lowest BCUT2D eigenvalue weighted by atomic mass is 10.2. The molecule has 4 nitrogen and oxygen atoms in total. The van der Waals surface area contributed by atoms with E-state index in [0.717, 1.165) is 28.2 Å². The van der Waals surface area contributed by atoms with Crippen molar-refractivity contribution >= 4 is 39.6 Å². The minimum absolute atomic E-state index is 0.0254. The van der Waals surface area contributed by atoms with Gasteiger partial charge in [0.15, 0.2) is 0 Å². The van der Waals surface area contributed by atoms with Crippen LogP contribution in [0.3, 0.4) is 0 Å². The van der Waals surface area contributed by atoms with E-state index in [9.17, 15) is 4.79 Å². The first-order valence-electron chi connectivity index (χ1n) is 7.84. The molecule has 1 amide bonds. The molecule has 120 valence electrons. The summed E-state index contributed by atoms with van der Waals surface area (Å²) in [5.41, 5.74) is 3.74. The van der Waals surface area contributed by atoms with Crippen LogP contribution in [0.15, 0.2) is 63.7 Å². The van der Waals surface area contributed by atoms with Gasteiger partial charge in [-0.05, 0) is 42.8 Å². The van der Waals surface area contributed by atoms with Crippen molar-refractivity contribution in [3.8, 4) is 0 Å². The predicted octanol–water partition coefficient (Wildman–Crippen LogP) is 3.82. The van der Waals surface area contributed by atoms with Gasteiger partial charge in [-0.3, -0.25) is 9.69 Å². The van der Waals surface area contributed by atoms with E-state index in [0.29, 0.717) is 12.2 Å². The zero-order valence-electron chi connectivity index (χ0n) is 13.2. The van der Waals surface area contributed by atoms with Crippen LogP contribution in [0.1, 0.15) is 11.1 Å². The van der Waals surface area contributed by atoms with E-state index in [-0.39, 0.29) is 5.91 Å². The molecule has 5 heteroatoms. The molecule has 2 aliphatic rings. The van der Waals surface area contributed by atoms with Gasteiger partial charge < -0.3 is 4.90 Å². The van der Waals surface area contributed by atoms with Gasteiger partial charge >= 0.3 is 0 Å². The smallest absolute Gasteiger partial charge is 0.279 e. The number of carbonyl (C=O) groups is 1. The number of aliphatic imine (C=N–C) groups is 1. The van der Waals surface area contributed by atoms with Crippen molar-refractivity contribution in [3.05, 3.63) is 69.8 Å². The van der Waals surface area contributed by atoms with E-state index in [1.54, 1.807) is 4.90 Å². The molecule has 0 aliphatic carbocycles. The normalized spacial score (nSPS) is 18.3. The highest BCUT2D eigenvalue weighted by Gasteiger charge is 2.38. The number of hydrogen-bond acceptors (Lipinski definition) is 3. The summed E-state index contributed by atoms with van der Waals surface area (Å²) in [5.74, 6) is 0.703. The number of aryl methyl sites for hydroxylation is 1. The van der Waals surface area contributed by atoms with Gasteiger partial charge in [0.05, 0.1) is 0 Å². The van der Waals surface area contributed by atoms with E-state index >= 15 is 0 Å². The van der Waals surface area contributed by atoms with Gasteiger partial charge in [-0.2, -0.15) is 0 Å². The summed E-state index contributed by atoms with van der Waals surface area (Å²) in [5, 5.41) is 0. The summed E-state index contributed by atoms with van der Waals surface area (Å²) < 4.78 is 1.01. The number of guanidine groups is 1. The molecule has 0 N–H and O–H groups in total. The zero-order valence-corrected chi connectivity index (χ0v) is 14.8. The minimum atomic E-state index is -0.0254. The van der Waals surface area contributed by atoms with E-state index in [1.165, 1.54) is 5.56 Å². The number of amides is 1. The summed E-state index contributed by atoms with van der Waals surface area (Å²) in [7, 11) is 0. The lowest BCUT2D eigenvalue weighted by Crippen LogP contribution is -2.32. The molecule has 24 heavy (non-hydrogen) atoms. The average Bonchev–Trinajstić information content (AvgIpc) is 3.12. The predicted molar refractivity (Wildman–Crippen MR) is 99.8 cm³/mol. The Bertz CT molecular complexity index is 853. The van der Waals surface area contributed by atoms with Crippen molar-refractivity contribution in [1.29, 1.82) is 0 Å². The fourth-order valence-corrected chi connectivity index (χ4v) is 3.20. The van der Waals surface area contributed by atoms with E-state index < -0.39 is 0 Å². The molecule has 0 spiro atoms. The van der Waals surface area contributed by atoms with Crippen LogP contribution < -0.4 is 4.90 Å². The monoisotopic (exact) mass is 381 g/mol. The van der Waals surface area contributed by atoms with Crippen LogP contribution in [-0.2, 0) is 4.79 Å². The average molecular weight is 382 g/mol. The molecule has 2 heterocycles. The quantitative estimate of drug-likeness (QED) is 0.741. The van der Waals surface area contributed by atoms with E-state index in [4.69, 9.17) is 0 Å². The van der Waals surface area contributed by atoms with Gasteiger partial charge in [-0.15, -0.1) is 0 Å². The van der Waals surface area contributed by atoms with E-state index in [1.807, 2.05) is 30.3 Å². The largest absolute Gasteiger partial charge is 0.310 e. The first-order chi connectivity index (χ1) is 11.6. The summed E-state index contributed by atoms with van der Waals surface area (Å²) in [6, 6.07) is 16.1. The van der Waals surface area contributed by atoms with Gasteiger partial charge in [0.1, 0.15) is 5.70 Å². The van der Waals surface area contributed by atoms with E-state index in [2.05, 4.69) is 57.0 Å². The van der Waals surface area contributed by atoms with Crippen molar-refractivity contribution in [2.45, 2.75) is 6.92 Å². The zero-order chi connectivity index (χ0) is 16.7. The van der Waals surface area contributed by atoms with Crippen LogP contribution in [0, 0.1) is 6.92 Å². The Labute approximate surface area is 149 Å². The van der Waals surface area contributed by atoms with Crippen molar-refractivity contribution in [1.82, 2.24) is 4.90 Å². The van der Waals surface area contributed by atoms with Crippen LogP contribution in [-0.4, -0.2) is 29.9 Å². The van der Waals surface area contributed by atoms with Gasteiger partial charge in [-0.1, -0.05) is 45.8 Å². The summed E-state index contributed by atoms with van der Waals surface area (Å²) in [6.07, 6.45) is 1.84. The molecule has 1 fully saturated rings. The highest BCUT2D eigenvalue weighted by molar-refractivity contribution is 9.10. The highest BCUT2D eigenvalue weighted by Crippen LogP contribution is 2.28. The molecule has 0 saturated carbocycles. The molecule has 0 bridgehead atoms. The third-order valence-electron chi connectivity index (χ3n) is 4.23. The second kappa shape index (κ2) is 5.91. The van der Waals surface area contributed by atoms with Gasteiger partial charge in [0.2, 0.25) is 5.96 Å². The van der Waals surface area contributed by atoms with Crippen LogP contribution >= 0.6 is 15.9 Å². The van der Waals surface area contributed by atoms with Gasteiger partial charge in [-0.25, -0.2) is 4.99 Å². The maximum atomic E-state index is 12.6. The fraction of sp³-hybridized carbons (Fsp3) is 0.158. The fourth-order valence-electron chi connectivity index (χ4n) is 2.93. The van der Waals surface area contributed by atoms with Crippen molar-refractivity contribution in [2.75, 3.05) is 18.0 Å². The number of fused-ring (bicyclic) bond motifs is 1. The Kier molecular flexibility index (Phi) is 3.73. The lowest BCUT2D eigenvalue weighted by molar-refractivity contribution is -0.122. The lowest BCUT2D eigenvalue weighted by Gasteiger charge is -2.17. The van der Waals surface area contributed by atoms with Crippen molar-refractivity contribution in [2.24, 2.45) is 4.99 Å². The highest BCUT2D eigenvalue weighted by atomic mass is 79.9. The number of benzene rings is 2. The Morgan fingerprint density at radius 2 is 1.67 bits per heavy atom. The number of halogens is 1. The number of hydrogen-bond donors (Lipinski definition) is 0. The van der Waals surface area contributed by atoms with Crippen molar-refractivity contribution in [3.63, 3.8) is 0 Å². The summed E-state index contributed by atoms with van der Waals surface area (Å²) >= 11 is 3.42. The Morgan fingerprint density at radius 1 is 1.00 bits per heavy atom. The SMILES string of the molecule is Cc1ccc(N2CCN3C(=O)/C(=C/c4ccc(Br)cc4)N=C32)cc1. The third-order valence-corrected chi connectivity index (χ3v) is 4.76. The Hall–Kier alpha value is -2.40. The van der Waals surface area contributed by atoms with Crippen LogP contribution in [0.2, 0.25) is 0 Å². The van der Waals surface area contributed by atoms with Crippen molar-refractivity contribution < 1.29 is 4.79 Å². The maximum absolute atomic E-state index is 12.6. The molecule has 0 unspecified atom stereocenters. The Morgan fingerprint density at radius 3 is 2.38 bits per heavy atom. The molecule has 0 atom stereocenters. The summed E-state index contributed by atoms with van der Waals surface area (Å²) in [6.45, 7) is 3.51. The molecular formula is C19H16BrN3O. The van der Waals surface area contributed by atoms with Crippen LogP contribution in [0.5, 0.6) is 0 Å². The molecular weight excluding hydrogens is 366 g/mol. The second-order valence-corrected chi connectivity index (χ2v) is 6.85. The molecule has 2 aliphatic heterocycles. The third kappa shape index (κ3) is 2.65. The van der Waals surface area contributed by atoms with Crippen LogP contribution in [0.25, 0.3) is 6.08 Å². The standard InChI is InChI=1S/C19H16BrN3O/c1-13-2-8-16(9-3-13)22-10-11-23-18(24)17(21-19(22)23)12-14-4-6-15(20)7-5-14/h2-9,12H,10-11H2,1H3/b17-12-. The van der Waals surface area contributed by atoms with Crippen LogP contribution in [0.4, 0.5) is 5.69 Å². The number of rotatable bonds is 2. The number of anilines is 1. The second-order valence-electron chi connectivity index (χ2n) is 5.94. The minimum Gasteiger partial charge on any atom is -0.310 e. The Balaban J connectivity index is 1.67. The maximum Gasteiger partial charge on any atom is 0.279 e. The first-order valence-corrected chi connectivity index (χ1v) is 8.63. The molecule has 4 rings (SSSR count). The van der Waals surface area contributed by atoms with Gasteiger partial charge in [0, 0.05) is 23.2 Å². The topological polar surface area (TPSA) is 35.9 Å². The van der Waals surface area contributed by atoms with Gasteiger partial charge in [0.25, 0.3) is 5.91 Å². The molecule has 0 aromatic heterocycles. The molecule has 2 aromatic carbocycles. The summed E-state index contributed by atoms with van der Waals surface area (Å²) in [4.78, 5) is 21.0. The molecule has 1 saturated heterocycles. The molecule has 2 aromatic rings. The molecule has 0 radical (unpaired) electrons. The first kappa shape index (κ1) is 15.1.